The monoisotopic (exact) mass is 323 g/mol. The van der Waals surface area contributed by atoms with Gasteiger partial charge in [0.2, 0.25) is 0 Å². The van der Waals surface area contributed by atoms with Crippen molar-refractivity contribution >= 4 is 22.6 Å². The Bertz CT molecular complexity index is 1010. The van der Waals surface area contributed by atoms with Crippen LogP contribution in [0.15, 0.2) is 61.1 Å². The zero-order chi connectivity index (χ0) is 15.8. The minimum Gasteiger partial charge on any atom is -0.345 e. The molecule has 0 bridgehead atoms. The summed E-state index contributed by atoms with van der Waals surface area (Å²) in [6.45, 7) is 0. The fourth-order valence-electron chi connectivity index (χ4n) is 2.61. The number of aromatic nitrogens is 3. The molecule has 4 aromatic rings. The van der Waals surface area contributed by atoms with Gasteiger partial charge in [-0.2, -0.15) is 0 Å². The number of rotatable bonds is 2. The van der Waals surface area contributed by atoms with Crippen LogP contribution >= 0.6 is 11.6 Å². The first-order chi connectivity index (χ1) is 11.2. The number of pyridine rings is 1. The Labute approximate surface area is 136 Å². The number of halogens is 2. The van der Waals surface area contributed by atoms with Gasteiger partial charge in [0.15, 0.2) is 0 Å². The Balaban J connectivity index is 1.90. The summed E-state index contributed by atoms with van der Waals surface area (Å²) >= 11 is 5.91. The minimum atomic E-state index is -0.438. The maximum Gasteiger partial charge on any atom is 0.141 e. The molecule has 1 N–H and O–H groups in total. The number of aromatic amines is 1. The van der Waals surface area contributed by atoms with Crippen molar-refractivity contribution in [2.45, 2.75) is 0 Å². The number of benzene rings is 2. The SMILES string of the molecule is Fc1ccc(-c2ncccc2-c2ccc3nc[nH]c3c2)cc1Cl. The van der Waals surface area contributed by atoms with Crippen LogP contribution in [0.25, 0.3) is 33.4 Å². The highest BCUT2D eigenvalue weighted by molar-refractivity contribution is 6.31. The number of nitrogens with one attached hydrogen (secondary N) is 1. The summed E-state index contributed by atoms with van der Waals surface area (Å²) < 4.78 is 13.4. The molecule has 0 fully saturated rings. The molecule has 0 spiro atoms. The third-order valence-corrected chi connectivity index (χ3v) is 4.02. The molecular weight excluding hydrogens is 313 g/mol. The van der Waals surface area contributed by atoms with Gasteiger partial charge in [0.1, 0.15) is 5.82 Å². The van der Waals surface area contributed by atoms with Gasteiger partial charge in [0.05, 0.1) is 28.1 Å². The Kier molecular flexibility index (Phi) is 3.32. The first-order valence-electron chi connectivity index (χ1n) is 7.06. The van der Waals surface area contributed by atoms with Crippen molar-refractivity contribution in [2.75, 3.05) is 0 Å². The first-order valence-corrected chi connectivity index (χ1v) is 7.44. The van der Waals surface area contributed by atoms with E-state index in [4.69, 9.17) is 11.6 Å². The number of hydrogen-bond acceptors (Lipinski definition) is 2. The third kappa shape index (κ3) is 2.47. The lowest BCUT2D eigenvalue weighted by molar-refractivity contribution is 0.628. The fraction of sp³-hybridized carbons (Fsp3) is 0. The lowest BCUT2D eigenvalue weighted by atomic mass is 9.99. The Morgan fingerprint density at radius 2 is 1.83 bits per heavy atom. The highest BCUT2D eigenvalue weighted by atomic mass is 35.5. The highest BCUT2D eigenvalue weighted by Gasteiger charge is 2.11. The second kappa shape index (κ2) is 5.48. The lowest BCUT2D eigenvalue weighted by Crippen LogP contribution is -1.90. The molecule has 3 nitrogen and oxygen atoms in total. The molecule has 0 aliphatic heterocycles. The molecule has 112 valence electrons. The van der Waals surface area contributed by atoms with E-state index >= 15 is 0 Å². The van der Waals surface area contributed by atoms with Crippen LogP contribution in [-0.4, -0.2) is 15.0 Å². The average molecular weight is 324 g/mol. The number of H-pyrrole nitrogens is 1. The molecule has 2 aromatic heterocycles. The number of imidazole rings is 1. The molecule has 0 saturated carbocycles. The second-order valence-corrected chi connectivity index (χ2v) is 5.57. The zero-order valence-electron chi connectivity index (χ0n) is 11.9. The molecule has 2 heterocycles. The third-order valence-electron chi connectivity index (χ3n) is 3.73. The van der Waals surface area contributed by atoms with E-state index in [0.717, 1.165) is 33.4 Å². The van der Waals surface area contributed by atoms with Crippen molar-refractivity contribution in [1.29, 1.82) is 0 Å². The van der Waals surface area contributed by atoms with Crippen molar-refractivity contribution in [3.63, 3.8) is 0 Å². The number of nitrogens with zero attached hydrogens (tertiary/aromatic N) is 2. The molecule has 0 radical (unpaired) electrons. The summed E-state index contributed by atoms with van der Waals surface area (Å²) in [5, 5.41) is 0.0862. The molecule has 0 atom stereocenters. The van der Waals surface area contributed by atoms with Crippen molar-refractivity contribution < 1.29 is 4.39 Å². The van der Waals surface area contributed by atoms with E-state index in [1.54, 1.807) is 24.7 Å². The van der Waals surface area contributed by atoms with Crippen LogP contribution < -0.4 is 0 Å². The predicted octanol–water partition coefficient (Wildman–Crippen LogP) is 5.08. The summed E-state index contributed by atoms with van der Waals surface area (Å²) in [7, 11) is 0. The van der Waals surface area contributed by atoms with E-state index in [1.165, 1.54) is 6.07 Å². The molecular formula is C18H11ClFN3. The molecule has 0 amide bonds. The number of hydrogen-bond donors (Lipinski definition) is 1. The van der Waals surface area contributed by atoms with Gasteiger partial charge in [-0.15, -0.1) is 0 Å². The number of fused-ring (bicyclic) bond motifs is 1. The maximum absolute atomic E-state index is 13.4. The topological polar surface area (TPSA) is 41.6 Å². The van der Waals surface area contributed by atoms with E-state index in [2.05, 4.69) is 15.0 Å². The summed E-state index contributed by atoms with van der Waals surface area (Å²) in [5.41, 5.74) is 5.35. The predicted molar refractivity (Wildman–Crippen MR) is 89.7 cm³/mol. The maximum atomic E-state index is 13.4. The Morgan fingerprint density at radius 3 is 2.70 bits per heavy atom. The van der Waals surface area contributed by atoms with Gasteiger partial charge in [-0.25, -0.2) is 9.37 Å². The van der Waals surface area contributed by atoms with Crippen LogP contribution in [0.1, 0.15) is 0 Å². The second-order valence-electron chi connectivity index (χ2n) is 5.16. The van der Waals surface area contributed by atoms with E-state index < -0.39 is 5.82 Å². The van der Waals surface area contributed by atoms with Gasteiger partial charge in [-0.1, -0.05) is 23.7 Å². The van der Waals surface area contributed by atoms with Crippen LogP contribution in [0, 0.1) is 5.82 Å². The lowest BCUT2D eigenvalue weighted by Gasteiger charge is -2.09. The standard InChI is InChI=1S/C18H11ClFN3/c19-14-8-12(3-5-15(14)20)18-13(2-1-7-21-18)11-4-6-16-17(9-11)23-10-22-16/h1-10H,(H,22,23). The van der Waals surface area contributed by atoms with E-state index in [0.29, 0.717) is 0 Å². The van der Waals surface area contributed by atoms with Gasteiger partial charge < -0.3 is 4.98 Å². The normalized spacial score (nSPS) is 11.0. The van der Waals surface area contributed by atoms with Gasteiger partial charge >= 0.3 is 0 Å². The Hall–Kier alpha value is -2.72. The van der Waals surface area contributed by atoms with Crippen molar-refractivity contribution in [2.24, 2.45) is 0 Å². The molecule has 2 aromatic carbocycles. The van der Waals surface area contributed by atoms with Crippen LogP contribution in [0.4, 0.5) is 4.39 Å². The Morgan fingerprint density at radius 1 is 0.957 bits per heavy atom. The highest BCUT2D eigenvalue weighted by Crippen LogP contribution is 2.33. The zero-order valence-corrected chi connectivity index (χ0v) is 12.7. The largest absolute Gasteiger partial charge is 0.345 e. The van der Waals surface area contributed by atoms with E-state index in [1.807, 2.05) is 30.3 Å². The molecule has 0 saturated heterocycles. The molecule has 0 unspecified atom stereocenters. The van der Waals surface area contributed by atoms with Gasteiger partial charge in [-0.3, -0.25) is 4.98 Å². The van der Waals surface area contributed by atoms with E-state index in [-0.39, 0.29) is 5.02 Å². The average Bonchev–Trinajstić information content (AvgIpc) is 3.05. The van der Waals surface area contributed by atoms with E-state index in [9.17, 15) is 4.39 Å². The quantitative estimate of drug-likeness (QED) is 0.558. The molecule has 0 aliphatic rings. The smallest absolute Gasteiger partial charge is 0.141 e. The molecule has 5 heteroatoms. The van der Waals surface area contributed by atoms with Gasteiger partial charge in [0.25, 0.3) is 0 Å². The molecule has 0 aliphatic carbocycles. The minimum absolute atomic E-state index is 0.0862. The fourth-order valence-corrected chi connectivity index (χ4v) is 2.80. The summed E-state index contributed by atoms with van der Waals surface area (Å²) in [6.07, 6.45) is 3.38. The van der Waals surface area contributed by atoms with Crippen LogP contribution in [0.5, 0.6) is 0 Å². The van der Waals surface area contributed by atoms with Crippen LogP contribution in [0.3, 0.4) is 0 Å². The summed E-state index contributed by atoms with van der Waals surface area (Å²) in [6, 6.07) is 14.5. The van der Waals surface area contributed by atoms with Crippen molar-refractivity contribution in [3.05, 3.63) is 71.9 Å². The van der Waals surface area contributed by atoms with Gasteiger partial charge in [-0.05, 0) is 42.0 Å². The van der Waals surface area contributed by atoms with Crippen LogP contribution in [-0.2, 0) is 0 Å². The summed E-state index contributed by atoms with van der Waals surface area (Å²) in [4.78, 5) is 11.8. The molecule has 23 heavy (non-hydrogen) atoms. The molecule has 4 rings (SSSR count). The van der Waals surface area contributed by atoms with Crippen LogP contribution in [0.2, 0.25) is 5.02 Å². The van der Waals surface area contributed by atoms with Crippen molar-refractivity contribution in [3.8, 4) is 22.4 Å². The first kappa shape index (κ1) is 13.9. The van der Waals surface area contributed by atoms with Gasteiger partial charge in [0, 0.05) is 17.3 Å². The van der Waals surface area contributed by atoms with Crippen molar-refractivity contribution in [1.82, 2.24) is 15.0 Å². The summed E-state index contributed by atoms with van der Waals surface area (Å²) in [5.74, 6) is -0.438.